The first-order valence-corrected chi connectivity index (χ1v) is 4.68. The fourth-order valence-electron chi connectivity index (χ4n) is 0.677. The molecule has 5 nitrogen and oxygen atoms in total. The van der Waals surface area contributed by atoms with Gasteiger partial charge in [0.25, 0.3) is 10.1 Å². The van der Waals surface area contributed by atoms with Crippen LogP contribution in [0.5, 0.6) is 0 Å². The molecular weight excluding hydrogens is 170 g/mol. The summed E-state index contributed by atoms with van der Waals surface area (Å²) in [6.45, 7) is 1.17. The van der Waals surface area contributed by atoms with Gasteiger partial charge in [0.1, 0.15) is 4.87 Å². The molecule has 0 rings (SSSR count). The zero-order valence-corrected chi connectivity index (χ0v) is 7.13. The Kier molecular flexibility index (Phi) is 3.43. The van der Waals surface area contributed by atoms with Gasteiger partial charge < -0.3 is 10.8 Å². The van der Waals surface area contributed by atoms with Crippen LogP contribution < -0.4 is 5.73 Å². The van der Waals surface area contributed by atoms with Gasteiger partial charge in [0.2, 0.25) is 0 Å². The normalized spacial score (nSPS) is 17.8. The van der Waals surface area contributed by atoms with Gasteiger partial charge >= 0.3 is 0 Å². The third-order valence-corrected chi connectivity index (χ3v) is 3.17. The van der Waals surface area contributed by atoms with Crippen molar-refractivity contribution < 1.29 is 18.1 Å². The molecule has 68 valence electrons. The van der Waals surface area contributed by atoms with E-state index in [4.69, 9.17) is 15.4 Å². The van der Waals surface area contributed by atoms with Crippen LogP contribution in [0, 0.1) is 0 Å². The molecule has 1 atom stereocenters. The van der Waals surface area contributed by atoms with Crippen molar-refractivity contribution in [1.82, 2.24) is 0 Å². The summed E-state index contributed by atoms with van der Waals surface area (Å²) in [4.78, 5) is -1.69. The molecule has 4 N–H and O–H groups in total. The second-order valence-corrected chi connectivity index (χ2v) is 4.13. The van der Waals surface area contributed by atoms with Crippen molar-refractivity contribution in [3.05, 3.63) is 0 Å². The summed E-state index contributed by atoms with van der Waals surface area (Å²) in [5.41, 5.74) is 5.29. The minimum absolute atomic E-state index is 0.0758. The highest BCUT2D eigenvalue weighted by Gasteiger charge is 2.36. The van der Waals surface area contributed by atoms with Gasteiger partial charge in [-0.1, -0.05) is 6.92 Å². The van der Waals surface area contributed by atoms with Crippen LogP contribution in [-0.4, -0.2) is 29.6 Å². The minimum Gasteiger partial charge on any atom is -0.396 e. The highest BCUT2D eigenvalue weighted by atomic mass is 32.2. The standard InChI is InChI=1S/C5H13NO4S/c1-2-5(6,3-4-7)11(8,9)10/h7H,2-4,6H2,1H3,(H,8,9,10). The van der Waals surface area contributed by atoms with Crippen LogP contribution in [0.2, 0.25) is 0 Å². The molecule has 0 aromatic carbocycles. The van der Waals surface area contributed by atoms with E-state index in [0.717, 1.165) is 0 Å². The first-order valence-electron chi connectivity index (χ1n) is 3.24. The lowest BCUT2D eigenvalue weighted by Crippen LogP contribution is -2.47. The fraction of sp³-hybridized carbons (Fsp3) is 1.00. The smallest absolute Gasteiger partial charge is 0.283 e. The van der Waals surface area contributed by atoms with Crippen LogP contribution in [0.25, 0.3) is 0 Å². The van der Waals surface area contributed by atoms with Crippen molar-refractivity contribution in [3.8, 4) is 0 Å². The number of aliphatic hydroxyl groups excluding tert-OH is 1. The van der Waals surface area contributed by atoms with Gasteiger partial charge in [-0.25, -0.2) is 0 Å². The molecule has 0 heterocycles. The predicted molar refractivity (Wildman–Crippen MR) is 40.5 cm³/mol. The largest absolute Gasteiger partial charge is 0.396 e. The molecule has 0 aromatic heterocycles. The van der Waals surface area contributed by atoms with Gasteiger partial charge in [-0.2, -0.15) is 8.42 Å². The van der Waals surface area contributed by atoms with E-state index in [1.807, 2.05) is 0 Å². The molecule has 0 bridgehead atoms. The van der Waals surface area contributed by atoms with E-state index in [1.165, 1.54) is 6.92 Å². The number of nitrogens with two attached hydrogens (primary N) is 1. The molecule has 0 amide bonds. The zero-order valence-electron chi connectivity index (χ0n) is 6.32. The van der Waals surface area contributed by atoms with Gasteiger partial charge in [-0.15, -0.1) is 0 Å². The average Bonchev–Trinajstić information content (AvgIpc) is 1.86. The molecule has 0 aromatic rings. The molecule has 0 spiro atoms. The van der Waals surface area contributed by atoms with Gasteiger partial charge in [0.15, 0.2) is 0 Å². The Balaban J connectivity index is 4.61. The van der Waals surface area contributed by atoms with Gasteiger partial charge in [-0.3, -0.25) is 4.55 Å². The molecule has 0 aliphatic rings. The van der Waals surface area contributed by atoms with Crippen LogP contribution in [0.15, 0.2) is 0 Å². The molecule has 1 unspecified atom stereocenters. The Bertz CT molecular complexity index is 213. The van der Waals surface area contributed by atoms with Gasteiger partial charge in [0.05, 0.1) is 0 Å². The van der Waals surface area contributed by atoms with Crippen LogP contribution in [0.4, 0.5) is 0 Å². The number of hydrogen-bond donors (Lipinski definition) is 3. The summed E-state index contributed by atoms with van der Waals surface area (Å²) >= 11 is 0. The number of aliphatic hydroxyl groups is 1. The van der Waals surface area contributed by atoms with Crippen molar-refractivity contribution in [2.45, 2.75) is 24.6 Å². The molecule has 0 saturated carbocycles. The Labute approximate surface area is 66.0 Å². The zero-order chi connectivity index (χ0) is 9.12. The SMILES string of the molecule is CCC(N)(CCO)S(=O)(=O)O. The highest BCUT2D eigenvalue weighted by molar-refractivity contribution is 7.87. The third kappa shape index (κ3) is 2.41. The van der Waals surface area contributed by atoms with Crippen molar-refractivity contribution >= 4 is 10.1 Å². The predicted octanol–water partition coefficient (Wildman–Crippen LogP) is -0.678. The quantitative estimate of drug-likeness (QED) is 0.501. The number of hydrogen-bond acceptors (Lipinski definition) is 4. The second kappa shape index (κ2) is 3.48. The Morgan fingerprint density at radius 1 is 1.55 bits per heavy atom. The summed E-state index contributed by atoms with van der Waals surface area (Å²) in [5, 5.41) is 8.44. The summed E-state index contributed by atoms with van der Waals surface area (Å²) in [5.74, 6) is 0. The minimum atomic E-state index is -4.26. The van der Waals surface area contributed by atoms with E-state index >= 15 is 0 Å². The molecule has 0 radical (unpaired) electrons. The van der Waals surface area contributed by atoms with Crippen LogP contribution in [-0.2, 0) is 10.1 Å². The van der Waals surface area contributed by atoms with E-state index < -0.39 is 15.0 Å². The molecule has 6 heteroatoms. The van der Waals surface area contributed by atoms with Gasteiger partial charge in [-0.05, 0) is 6.42 Å². The molecular formula is C5H13NO4S. The van der Waals surface area contributed by atoms with Crippen molar-refractivity contribution in [2.75, 3.05) is 6.61 Å². The topological polar surface area (TPSA) is 101 Å². The second-order valence-electron chi connectivity index (χ2n) is 2.37. The van der Waals surface area contributed by atoms with E-state index in [1.54, 1.807) is 0 Å². The van der Waals surface area contributed by atoms with Crippen molar-refractivity contribution in [3.63, 3.8) is 0 Å². The van der Waals surface area contributed by atoms with E-state index in [9.17, 15) is 8.42 Å². The van der Waals surface area contributed by atoms with Crippen LogP contribution >= 0.6 is 0 Å². The van der Waals surface area contributed by atoms with E-state index in [0.29, 0.717) is 0 Å². The fourth-order valence-corrected chi connectivity index (χ4v) is 1.39. The van der Waals surface area contributed by atoms with Crippen LogP contribution in [0.1, 0.15) is 19.8 Å². The summed E-state index contributed by atoms with van der Waals surface area (Å²) in [7, 11) is -4.26. The third-order valence-electron chi connectivity index (χ3n) is 1.65. The Morgan fingerprint density at radius 3 is 2.09 bits per heavy atom. The maximum atomic E-state index is 10.6. The monoisotopic (exact) mass is 183 g/mol. The molecule has 0 aliphatic carbocycles. The first-order chi connectivity index (χ1) is 4.87. The lowest BCUT2D eigenvalue weighted by Gasteiger charge is -2.22. The lowest BCUT2D eigenvalue weighted by atomic mass is 10.2. The Morgan fingerprint density at radius 2 is 2.00 bits per heavy atom. The molecule has 0 fully saturated rings. The summed E-state index contributed by atoms with van der Waals surface area (Å²) in [6, 6.07) is 0. The first kappa shape index (κ1) is 10.8. The molecule has 11 heavy (non-hydrogen) atoms. The van der Waals surface area contributed by atoms with E-state index in [-0.39, 0.29) is 19.4 Å². The van der Waals surface area contributed by atoms with Crippen LogP contribution in [0.3, 0.4) is 0 Å². The lowest BCUT2D eigenvalue weighted by molar-refractivity contribution is 0.257. The number of rotatable bonds is 4. The summed E-state index contributed by atoms with van der Waals surface area (Å²) in [6.07, 6.45) is -0.0747. The highest BCUT2D eigenvalue weighted by Crippen LogP contribution is 2.17. The van der Waals surface area contributed by atoms with E-state index in [2.05, 4.69) is 0 Å². The Hall–Kier alpha value is -0.170. The summed E-state index contributed by atoms with van der Waals surface area (Å²) < 4.78 is 29.8. The van der Waals surface area contributed by atoms with Gasteiger partial charge in [0, 0.05) is 13.0 Å². The maximum Gasteiger partial charge on any atom is 0.283 e. The molecule has 0 aliphatic heterocycles. The van der Waals surface area contributed by atoms with Crippen molar-refractivity contribution in [1.29, 1.82) is 0 Å². The molecule has 0 saturated heterocycles. The maximum absolute atomic E-state index is 10.6. The average molecular weight is 183 g/mol. The van der Waals surface area contributed by atoms with Crippen molar-refractivity contribution in [2.24, 2.45) is 5.73 Å².